The first-order valence-corrected chi connectivity index (χ1v) is 8.65. The molecule has 2 aliphatic rings. The summed E-state index contributed by atoms with van der Waals surface area (Å²) in [4.78, 5) is 28.8. The number of likely N-dealkylation sites (tertiary alicyclic amines) is 1. The number of amides is 2. The van der Waals surface area contributed by atoms with E-state index in [0.717, 1.165) is 36.9 Å². The van der Waals surface area contributed by atoms with Gasteiger partial charge in [0.1, 0.15) is 0 Å². The molecule has 1 aromatic rings. The van der Waals surface area contributed by atoms with Crippen molar-refractivity contribution in [2.75, 3.05) is 44.2 Å². The molecule has 24 heavy (non-hydrogen) atoms. The minimum Gasteiger partial charge on any atom is -0.390 e. The number of rotatable bonds is 5. The summed E-state index contributed by atoms with van der Waals surface area (Å²) >= 11 is 6.24. The predicted octanol–water partition coefficient (Wildman–Crippen LogP) is 0.972. The average Bonchev–Trinajstić information content (AvgIpc) is 2.88. The number of aliphatic hydroxyl groups excluding tert-OH is 1. The summed E-state index contributed by atoms with van der Waals surface area (Å²) in [5.41, 5.74) is 1.03. The number of hydrogen-bond acceptors (Lipinski definition) is 5. The third-order valence-electron chi connectivity index (χ3n) is 4.58. The zero-order chi connectivity index (χ0) is 17.1. The largest absolute Gasteiger partial charge is 0.390 e. The number of benzene rings is 1. The van der Waals surface area contributed by atoms with Crippen molar-refractivity contribution in [2.24, 2.45) is 0 Å². The van der Waals surface area contributed by atoms with Gasteiger partial charge in [-0.3, -0.25) is 19.4 Å². The van der Waals surface area contributed by atoms with Gasteiger partial charge in [0, 0.05) is 45.6 Å². The van der Waals surface area contributed by atoms with E-state index in [-0.39, 0.29) is 31.2 Å². The smallest absolute Gasteiger partial charge is 0.229 e. The number of para-hydroxylation sites is 1. The van der Waals surface area contributed by atoms with Crippen LogP contribution in [-0.2, 0) is 9.59 Å². The average molecular weight is 352 g/mol. The van der Waals surface area contributed by atoms with Crippen LogP contribution in [0.25, 0.3) is 0 Å². The van der Waals surface area contributed by atoms with E-state index in [1.54, 1.807) is 0 Å². The van der Waals surface area contributed by atoms with E-state index in [1.165, 1.54) is 4.90 Å². The lowest BCUT2D eigenvalue weighted by atomic mass is 10.2. The van der Waals surface area contributed by atoms with E-state index >= 15 is 0 Å². The van der Waals surface area contributed by atoms with Gasteiger partial charge in [-0.25, -0.2) is 0 Å². The number of nitrogens with zero attached hydrogens (tertiary/aromatic N) is 3. The van der Waals surface area contributed by atoms with E-state index in [0.29, 0.717) is 6.54 Å². The van der Waals surface area contributed by atoms with Crippen molar-refractivity contribution in [3.05, 3.63) is 29.3 Å². The minimum absolute atomic E-state index is 0.0996. The minimum atomic E-state index is -0.706. The Balaban J connectivity index is 1.48. The molecule has 2 amide bonds. The number of halogens is 1. The maximum absolute atomic E-state index is 11.6. The number of aliphatic hydroxyl groups is 1. The fraction of sp³-hybridized carbons (Fsp3) is 0.529. The normalized spacial score (nSPS) is 20.8. The third kappa shape index (κ3) is 3.88. The van der Waals surface area contributed by atoms with Gasteiger partial charge in [0.2, 0.25) is 11.8 Å². The Kier molecular flexibility index (Phi) is 5.38. The summed E-state index contributed by atoms with van der Waals surface area (Å²) in [7, 11) is 0. The fourth-order valence-corrected chi connectivity index (χ4v) is 3.53. The highest BCUT2D eigenvalue weighted by molar-refractivity contribution is 6.33. The summed E-state index contributed by atoms with van der Waals surface area (Å²) in [5, 5.41) is 10.9. The number of imide groups is 1. The lowest BCUT2D eigenvalue weighted by Gasteiger charge is -2.37. The molecule has 2 fully saturated rings. The van der Waals surface area contributed by atoms with Crippen molar-refractivity contribution in [1.82, 2.24) is 9.80 Å². The highest BCUT2D eigenvalue weighted by Crippen LogP contribution is 2.26. The molecular formula is C17H22ClN3O3. The molecule has 1 aromatic carbocycles. The molecule has 0 bridgehead atoms. The molecule has 1 unspecified atom stereocenters. The first-order chi connectivity index (χ1) is 11.5. The summed E-state index contributed by atoms with van der Waals surface area (Å²) in [6.45, 7) is 3.85. The van der Waals surface area contributed by atoms with E-state index in [4.69, 9.17) is 11.6 Å². The van der Waals surface area contributed by atoms with Crippen molar-refractivity contribution in [3.8, 4) is 0 Å². The summed E-state index contributed by atoms with van der Waals surface area (Å²) < 4.78 is 0. The highest BCUT2D eigenvalue weighted by atomic mass is 35.5. The molecule has 0 aliphatic carbocycles. The van der Waals surface area contributed by atoms with Crippen molar-refractivity contribution < 1.29 is 14.7 Å². The van der Waals surface area contributed by atoms with Crippen molar-refractivity contribution in [1.29, 1.82) is 0 Å². The second-order valence-corrected chi connectivity index (χ2v) is 6.70. The number of anilines is 1. The standard InChI is InChI=1S/C17H22ClN3O3/c18-14-3-1-2-4-15(14)20-9-7-19(8-10-20)11-13(22)12-21-16(23)5-6-17(21)24/h1-4,13,22H,5-12H2. The monoisotopic (exact) mass is 351 g/mol. The van der Waals surface area contributed by atoms with Gasteiger partial charge in [-0.05, 0) is 12.1 Å². The fourth-order valence-electron chi connectivity index (χ4n) is 3.27. The van der Waals surface area contributed by atoms with Crippen LogP contribution < -0.4 is 4.90 Å². The summed E-state index contributed by atoms with van der Waals surface area (Å²) in [6, 6.07) is 7.79. The van der Waals surface area contributed by atoms with Gasteiger partial charge in [-0.2, -0.15) is 0 Å². The quantitative estimate of drug-likeness (QED) is 0.801. The maximum Gasteiger partial charge on any atom is 0.229 e. The molecule has 0 aromatic heterocycles. The third-order valence-corrected chi connectivity index (χ3v) is 4.90. The van der Waals surface area contributed by atoms with Gasteiger partial charge < -0.3 is 10.0 Å². The first-order valence-electron chi connectivity index (χ1n) is 8.27. The van der Waals surface area contributed by atoms with Crippen LogP contribution in [0.4, 0.5) is 5.69 Å². The maximum atomic E-state index is 11.6. The second-order valence-electron chi connectivity index (χ2n) is 6.29. The molecule has 7 heteroatoms. The number of hydrogen-bond donors (Lipinski definition) is 1. The van der Waals surface area contributed by atoms with Gasteiger partial charge in [0.25, 0.3) is 0 Å². The molecule has 2 saturated heterocycles. The molecule has 1 N–H and O–H groups in total. The number of carbonyl (C=O) groups is 2. The van der Waals surface area contributed by atoms with Crippen LogP contribution in [-0.4, -0.2) is 72.1 Å². The van der Waals surface area contributed by atoms with Crippen LogP contribution in [0.3, 0.4) is 0 Å². The topological polar surface area (TPSA) is 64.1 Å². The van der Waals surface area contributed by atoms with Crippen molar-refractivity contribution in [2.45, 2.75) is 18.9 Å². The van der Waals surface area contributed by atoms with Crippen LogP contribution in [0, 0.1) is 0 Å². The Morgan fingerprint density at radius 2 is 1.62 bits per heavy atom. The lowest BCUT2D eigenvalue weighted by Crippen LogP contribution is -2.50. The van der Waals surface area contributed by atoms with E-state index in [9.17, 15) is 14.7 Å². The Morgan fingerprint density at radius 1 is 1.00 bits per heavy atom. The first kappa shape index (κ1) is 17.2. The molecular weight excluding hydrogens is 330 g/mol. The number of piperazine rings is 1. The molecule has 1 atom stereocenters. The van der Waals surface area contributed by atoms with Crippen LogP contribution >= 0.6 is 11.6 Å². The van der Waals surface area contributed by atoms with E-state index < -0.39 is 6.10 Å². The molecule has 2 heterocycles. The number of β-amino-alcohol motifs (C(OH)–C–C–N with tert-alkyl or cyclic N) is 1. The van der Waals surface area contributed by atoms with Gasteiger partial charge >= 0.3 is 0 Å². The molecule has 0 radical (unpaired) electrons. The lowest BCUT2D eigenvalue weighted by molar-refractivity contribution is -0.140. The Hall–Kier alpha value is -1.63. The second kappa shape index (κ2) is 7.51. The zero-order valence-electron chi connectivity index (χ0n) is 13.5. The van der Waals surface area contributed by atoms with Crippen molar-refractivity contribution >= 4 is 29.1 Å². The van der Waals surface area contributed by atoms with Gasteiger partial charge in [0.15, 0.2) is 0 Å². The molecule has 2 aliphatic heterocycles. The Labute approximate surface area is 146 Å². The van der Waals surface area contributed by atoms with Gasteiger partial charge in [-0.1, -0.05) is 23.7 Å². The summed E-state index contributed by atoms with van der Waals surface area (Å²) in [5.74, 6) is -0.356. The Bertz CT molecular complexity index is 601. The Morgan fingerprint density at radius 3 is 2.25 bits per heavy atom. The molecule has 0 spiro atoms. The summed E-state index contributed by atoms with van der Waals surface area (Å²) in [6.07, 6.45) is -0.174. The highest BCUT2D eigenvalue weighted by Gasteiger charge is 2.31. The zero-order valence-corrected chi connectivity index (χ0v) is 14.3. The SMILES string of the molecule is O=C1CCC(=O)N1CC(O)CN1CCN(c2ccccc2Cl)CC1. The van der Waals surface area contributed by atoms with Gasteiger partial charge in [-0.15, -0.1) is 0 Å². The van der Waals surface area contributed by atoms with E-state index in [1.807, 2.05) is 24.3 Å². The molecule has 130 valence electrons. The number of carbonyl (C=O) groups excluding carboxylic acids is 2. The van der Waals surface area contributed by atoms with Crippen LogP contribution in [0.2, 0.25) is 5.02 Å². The molecule has 6 nitrogen and oxygen atoms in total. The predicted molar refractivity (Wildman–Crippen MR) is 92.1 cm³/mol. The molecule has 0 saturated carbocycles. The van der Waals surface area contributed by atoms with Crippen LogP contribution in [0.5, 0.6) is 0 Å². The van der Waals surface area contributed by atoms with Gasteiger partial charge in [0.05, 0.1) is 23.4 Å². The molecule has 3 rings (SSSR count). The van der Waals surface area contributed by atoms with Crippen molar-refractivity contribution in [3.63, 3.8) is 0 Å². The van der Waals surface area contributed by atoms with Crippen LogP contribution in [0.15, 0.2) is 24.3 Å². The van der Waals surface area contributed by atoms with E-state index in [2.05, 4.69) is 9.80 Å². The van der Waals surface area contributed by atoms with Crippen LogP contribution in [0.1, 0.15) is 12.8 Å².